The van der Waals surface area contributed by atoms with Gasteiger partial charge in [0.2, 0.25) is 0 Å². The van der Waals surface area contributed by atoms with Crippen molar-refractivity contribution in [3.05, 3.63) is 46.4 Å². The molecule has 5 heteroatoms. The number of unbranched alkanes of at least 4 members (excludes halogenated alkanes) is 6. The zero-order valence-electron chi connectivity index (χ0n) is 18.7. The van der Waals surface area contributed by atoms with E-state index in [0.717, 1.165) is 23.9 Å². The Morgan fingerprint density at radius 2 is 1.10 bits per heavy atom. The molecule has 4 aromatic heterocycles. The molecule has 2 nitrogen and oxygen atoms in total. The minimum atomic E-state index is 1.07. The van der Waals surface area contributed by atoms with Gasteiger partial charge in [0.15, 0.2) is 0 Å². The van der Waals surface area contributed by atoms with Crippen molar-refractivity contribution in [2.45, 2.75) is 78.1 Å². The van der Waals surface area contributed by atoms with Gasteiger partial charge < -0.3 is 0 Å². The largest absolute Gasteiger partial charge is 0.251 e. The first-order valence-electron chi connectivity index (χ1n) is 11.7. The first-order chi connectivity index (χ1) is 15.3. The van der Waals surface area contributed by atoms with Crippen LogP contribution < -0.4 is 0 Å². The minimum absolute atomic E-state index is 1.07. The van der Waals surface area contributed by atoms with Gasteiger partial charge >= 0.3 is 0 Å². The third-order valence-electron chi connectivity index (χ3n) is 5.84. The molecule has 0 radical (unpaired) electrons. The molecule has 4 rings (SSSR count). The SMILES string of the molecule is CCCCCCc1ccsc1-c1sc(-c2sccc2CCCCCC)c2nccnc12. The Labute approximate surface area is 198 Å². The van der Waals surface area contributed by atoms with Gasteiger partial charge in [-0.05, 0) is 59.7 Å². The molecule has 0 fully saturated rings. The van der Waals surface area contributed by atoms with Crippen LogP contribution in [-0.2, 0) is 12.8 Å². The van der Waals surface area contributed by atoms with Crippen LogP contribution in [-0.4, -0.2) is 9.97 Å². The summed E-state index contributed by atoms with van der Waals surface area (Å²) in [6.07, 6.45) is 16.4. The number of hydrogen-bond donors (Lipinski definition) is 0. The zero-order valence-corrected chi connectivity index (χ0v) is 21.1. The van der Waals surface area contributed by atoms with Crippen LogP contribution in [0.4, 0.5) is 0 Å². The smallest absolute Gasteiger partial charge is 0.109 e. The highest BCUT2D eigenvalue weighted by Gasteiger charge is 2.21. The summed E-state index contributed by atoms with van der Waals surface area (Å²) in [4.78, 5) is 15.0. The van der Waals surface area contributed by atoms with E-state index in [1.165, 1.54) is 82.0 Å². The van der Waals surface area contributed by atoms with Crippen molar-refractivity contribution < 1.29 is 0 Å². The maximum Gasteiger partial charge on any atom is 0.109 e. The number of nitrogens with zero attached hydrogens (tertiary/aromatic N) is 2. The van der Waals surface area contributed by atoms with Gasteiger partial charge in [-0.15, -0.1) is 34.0 Å². The van der Waals surface area contributed by atoms with E-state index in [1.807, 2.05) is 46.4 Å². The third-order valence-corrected chi connectivity index (χ3v) is 9.25. The Morgan fingerprint density at radius 1 is 0.613 bits per heavy atom. The maximum absolute atomic E-state index is 4.79. The lowest BCUT2D eigenvalue weighted by atomic mass is 10.1. The highest BCUT2D eigenvalue weighted by molar-refractivity contribution is 7.27. The number of rotatable bonds is 12. The van der Waals surface area contributed by atoms with Gasteiger partial charge in [0.25, 0.3) is 0 Å². The van der Waals surface area contributed by atoms with Crippen molar-refractivity contribution >= 4 is 45.0 Å². The fraction of sp³-hybridized carbons (Fsp3) is 0.462. The van der Waals surface area contributed by atoms with Crippen molar-refractivity contribution in [3.63, 3.8) is 0 Å². The molecule has 0 aromatic carbocycles. The second-order valence-corrected chi connectivity index (χ2v) is 11.0. The van der Waals surface area contributed by atoms with Gasteiger partial charge in [0.1, 0.15) is 11.0 Å². The molecule has 31 heavy (non-hydrogen) atoms. The summed E-state index contributed by atoms with van der Waals surface area (Å²) in [5.74, 6) is 0. The number of fused-ring (bicyclic) bond motifs is 1. The molecule has 0 amide bonds. The van der Waals surface area contributed by atoms with Gasteiger partial charge in [-0.2, -0.15) is 0 Å². The summed E-state index contributed by atoms with van der Waals surface area (Å²) >= 11 is 5.62. The van der Waals surface area contributed by atoms with Crippen molar-refractivity contribution in [2.75, 3.05) is 0 Å². The molecule has 0 N–H and O–H groups in total. The zero-order chi connectivity index (χ0) is 21.5. The topological polar surface area (TPSA) is 25.8 Å². The van der Waals surface area contributed by atoms with Crippen LogP contribution in [0.5, 0.6) is 0 Å². The molecule has 0 unspecified atom stereocenters. The number of aryl methyl sites for hydroxylation is 2. The van der Waals surface area contributed by atoms with Gasteiger partial charge in [-0.3, -0.25) is 9.97 Å². The van der Waals surface area contributed by atoms with Gasteiger partial charge in [0, 0.05) is 22.1 Å². The normalized spacial score (nSPS) is 11.5. The van der Waals surface area contributed by atoms with Crippen LogP contribution in [0.2, 0.25) is 0 Å². The van der Waals surface area contributed by atoms with E-state index in [2.05, 4.69) is 36.7 Å². The third kappa shape index (κ3) is 5.27. The molecule has 0 saturated heterocycles. The fourth-order valence-corrected chi connectivity index (χ4v) is 7.59. The molecule has 4 heterocycles. The highest BCUT2D eigenvalue weighted by atomic mass is 32.1. The highest BCUT2D eigenvalue weighted by Crippen LogP contribution is 2.47. The summed E-state index contributed by atoms with van der Waals surface area (Å²) in [6.45, 7) is 4.55. The van der Waals surface area contributed by atoms with E-state index >= 15 is 0 Å². The lowest BCUT2D eigenvalue weighted by molar-refractivity contribution is 0.668. The standard InChI is InChI=1S/C26H32N2S3/c1-3-5-7-9-11-19-13-17-29-23(19)25-21-22(28-16-15-27-21)26(31-25)24-20(14-18-30-24)12-10-8-6-4-2/h13-18H,3-12H2,1-2H3. The molecular weight excluding hydrogens is 437 g/mol. The molecule has 0 aliphatic carbocycles. The van der Waals surface area contributed by atoms with Crippen LogP contribution in [0, 0.1) is 0 Å². The van der Waals surface area contributed by atoms with Crippen molar-refractivity contribution in [3.8, 4) is 19.5 Å². The van der Waals surface area contributed by atoms with Crippen LogP contribution in [0.15, 0.2) is 35.3 Å². The van der Waals surface area contributed by atoms with E-state index in [9.17, 15) is 0 Å². The Balaban J connectivity index is 1.66. The molecule has 0 spiro atoms. The second kappa shape index (κ2) is 11.3. The van der Waals surface area contributed by atoms with Crippen LogP contribution in [0.25, 0.3) is 30.5 Å². The Hall–Kier alpha value is -1.56. The molecule has 0 aliphatic rings. The molecular formula is C26H32N2S3. The summed E-state index contributed by atoms with van der Waals surface area (Å²) in [6, 6.07) is 4.63. The fourth-order valence-electron chi connectivity index (χ4n) is 4.12. The van der Waals surface area contributed by atoms with Gasteiger partial charge in [-0.1, -0.05) is 52.4 Å². The molecule has 164 valence electrons. The minimum Gasteiger partial charge on any atom is -0.251 e. The number of aromatic nitrogens is 2. The molecule has 0 bridgehead atoms. The first-order valence-corrected chi connectivity index (χ1v) is 14.3. The van der Waals surface area contributed by atoms with E-state index < -0.39 is 0 Å². The summed E-state index contributed by atoms with van der Waals surface area (Å²) in [5.41, 5.74) is 5.11. The van der Waals surface area contributed by atoms with E-state index in [-0.39, 0.29) is 0 Å². The maximum atomic E-state index is 4.79. The van der Waals surface area contributed by atoms with Crippen LogP contribution in [0.1, 0.15) is 76.3 Å². The summed E-state index contributed by atoms with van der Waals surface area (Å²) < 4.78 is 0. The lowest BCUT2D eigenvalue weighted by Crippen LogP contribution is -1.87. The van der Waals surface area contributed by atoms with Gasteiger partial charge in [-0.25, -0.2) is 0 Å². The van der Waals surface area contributed by atoms with Crippen LogP contribution >= 0.6 is 34.0 Å². The number of hydrogen-bond acceptors (Lipinski definition) is 5. The Kier molecular flexibility index (Phi) is 8.28. The Bertz CT molecular complexity index is 1000. The van der Waals surface area contributed by atoms with Crippen LogP contribution in [0.3, 0.4) is 0 Å². The average Bonchev–Trinajstić information content (AvgIpc) is 3.52. The molecule has 4 aromatic rings. The molecule has 0 saturated carbocycles. The van der Waals surface area contributed by atoms with E-state index in [1.54, 1.807) is 0 Å². The lowest BCUT2D eigenvalue weighted by Gasteiger charge is -2.03. The quantitative estimate of drug-likeness (QED) is 0.193. The van der Waals surface area contributed by atoms with Crippen molar-refractivity contribution in [2.24, 2.45) is 0 Å². The van der Waals surface area contributed by atoms with E-state index in [0.29, 0.717) is 0 Å². The van der Waals surface area contributed by atoms with E-state index in [4.69, 9.17) is 9.97 Å². The second-order valence-electron chi connectivity index (χ2n) is 8.19. The summed E-state index contributed by atoms with van der Waals surface area (Å²) in [7, 11) is 0. The first kappa shape index (κ1) is 22.6. The molecule has 0 atom stereocenters. The predicted octanol–water partition coefficient (Wildman–Crippen LogP) is 9.39. The Morgan fingerprint density at radius 3 is 1.55 bits per heavy atom. The summed E-state index contributed by atoms with van der Waals surface area (Å²) in [5, 5.41) is 4.49. The molecule has 0 aliphatic heterocycles. The monoisotopic (exact) mass is 468 g/mol. The van der Waals surface area contributed by atoms with Gasteiger partial charge in [0.05, 0.1) is 9.75 Å². The van der Waals surface area contributed by atoms with Crippen molar-refractivity contribution in [1.82, 2.24) is 9.97 Å². The predicted molar refractivity (Wildman–Crippen MR) is 140 cm³/mol. The van der Waals surface area contributed by atoms with Crippen molar-refractivity contribution in [1.29, 1.82) is 0 Å². The average molecular weight is 469 g/mol. The number of thiophene rings is 3.